The van der Waals surface area contributed by atoms with Gasteiger partial charge in [0.15, 0.2) is 0 Å². The molecule has 0 saturated carbocycles. The summed E-state index contributed by atoms with van der Waals surface area (Å²) in [6.07, 6.45) is 2.70. The number of rotatable bonds is 2. The number of hydrogen-bond donors (Lipinski definition) is 0. The van der Waals surface area contributed by atoms with Crippen molar-refractivity contribution in [3.05, 3.63) is 0 Å². The molecule has 2 saturated heterocycles. The van der Waals surface area contributed by atoms with Crippen molar-refractivity contribution >= 4 is 0 Å². The van der Waals surface area contributed by atoms with Gasteiger partial charge in [0, 0.05) is 31.2 Å². The Balaban J connectivity index is 2.02. The fourth-order valence-corrected chi connectivity index (χ4v) is 3.36. The van der Waals surface area contributed by atoms with Crippen molar-refractivity contribution in [2.75, 3.05) is 46.3 Å². The fraction of sp³-hybridized carbons (Fsp3) is 1.00. The van der Waals surface area contributed by atoms with Gasteiger partial charge in [-0.2, -0.15) is 0 Å². The zero-order chi connectivity index (χ0) is 12.5. The van der Waals surface area contributed by atoms with Crippen LogP contribution in [0.25, 0.3) is 0 Å². The van der Waals surface area contributed by atoms with Gasteiger partial charge in [-0.15, -0.1) is 0 Å². The molecule has 2 heterocycles. The third-order valence-corrected chi connectivity index (χ3v) is 4.99. The molecule has 0 radical (unpaired) electrons. The van der Waals surface area contributed by atoms with E-state index in [4.69, 9.17) is 0 Å². The van der Waals surface area contributed by atoms with Gasteiger partial charge < -0.3 is 4.90 Å². The van der Waals surface area contributed by atoms with Gasteiger partial charge in [0.25, 0.3) is 0 Å². The van der Waals surface area contributed by atoms with Crippen molar-refractivity contribution in [2.45, 2.75) is 45.2 Å². The summed E-state index contributed by atoms with van der Waals surface area (Å²) in [5.41, 5.74) is 0.466. The highest BCUT2D eigenvalue weighted by molar-refractivity contribution is 4.99. The average molecular weight is 239 g/mol. The molecule has 0 unspecified atom stereocenters. The van der Waals surface area contributed by atoms with Crippen LogP contribution >= 0.6 is 0 Å². The Morgan fingerprint density at radius 2 is 1.71 bits per heavy atom. The molecule has 0 N–H and O–H groups in total. The summed E-state index contributed by atoms with van der Waals surface area (Å²) >= 11 is 0. The molecule has 3 heteroatoms. The molecule has 2 fully saturated rings. The lowest BCUT2D eigenvalue weighted by Gasteiger charge is -2.54. The van der Waals surface area contributed by atoms with E-state index in [0.717, 1.165) is 0 Å². The molecule has 100 valence electrons. The number of piperidine rings is 1. The van der Waals surface area contributed by atoms with Crippen LogP contribution in [0.2, 0.25) is 0 Å². The van der Waals surface area contributed by atoms with Gasteiger partial charge in [-0.05, 0) is 53.4 Å². The largest absolute Gasteiger partial charge is 0.303 e. The average Bonchev–Trinajstić information content (AvgIpc) is 2.33. The maximum Gasteiger partial charge on any atom is 0.0358 e. The summed E-state index contributed by atoms with van der Waals surface area (Å²) < 4.78 is 0. The number of likely N-dealkylation sites (N-methyl/N-ethyl adjacent to an activating group) is 1. The van der Waals surface area contributed by atoms with Crippen LogP contribution < -0.4 is 0 Å². The van der Waals surface area contributed by atoms with Crippen LogP contribution in [-0.2, 0) is 0 Å². The lowest BCUT2D eigenvalue weighted by atomic mass is 9.83. The normalized spacial score (nSPS) is 28.1. The molecule has 3 nitrogen and oxygen atoms in total. The molecule has 17 heavy (non-hydrogen) atoms. The molecule has 0 aromatic heterocycles. The monoisotopic (exact) mass is 239 g/mol. The van der Waals surface area contributed by atoms with Crippen LogP contribution in [0.4, 0.5) is 0 Å². The zero-order valence-electron chi connectivity index (χ0n) is 12.1. The lowest BCUT2D eigenvalue weighted by Crippen LogP contribution is -2.65. The van der Waals surface area contributed by atoms with Gasteiger partial charge >= 0.3 is 0 Å². The van der Waals surface area contributed by atoms with Gasteiger partial charge in [0.1, 0.15) is 0 Å². The van der Waals surface area contributed by atoms with Crippen LogP contribution in [0.15, 0.2) is 0 Å². The van der Waals surface area contributed by atoms with Crippen LogP contribution in [0.3, 0.4) is 0 Å². The van der Waals surface area contributed by atoms with Gasteiger partial charge in [0.05, 0.1) is 0 Å². The van der Waals surface area contributed by atoms with Gasteiger partial charge in [-0.1, -0.05) is 6.92 Å². The maximum atomic E-state index is 2.67. The third kappa shape index (κ3) is 2.67. The van der Waals surface area contributed by atoms with E-state index in [-0.39, 0.29) is 0 Å². The molecule has 0 aromatic carbocycles. The number of piperazine rings is 1. The Bertz CT molecular complexity index is 244. The van der Waals surface area contributed by atoms with Crippen molar-refractivity contribution in [2.24, 2.45) is 0 Å². The lowest BCUT2D eigenvalue weighted by molar-refractivity contribution is -0.0355. The first-order valence-electron chi connectivity index (χ1n) is 7.25. The van der Waals surface area contributed by atoms with E-state index in [1.165, 1.54) is 52.1 Å². The smallest absolute Gasteiger partial charge is 0.0358 e. The van der Waals surface area contributed by atoms with Gasteiger partial charge in [-0.25, -0.2) is 0 Å². The minimum absolute atomic E-state index is 0.466. The summed E-state index contributed by atoms with van der Waals surface area (Å²) in [6.45, 7) is 14.5. The van der Waals surface area contributed by atoms with Crippen LogP contribution in [0, 0.1) is 0 Å². The molecule has 2 aliphatic heterocycles. The second kappa shape index (κ2) is 5.25. The van der Waals surface area contributed by atoms with E-state index >= 15 is 0 Å². The van der Waals surface area contributed by atoms with Crippen LogP contribution in [-0.4, -0.2) is 72.6 Å². The van der Waals surface area contributed by atoms with Crippen molar-refractivity contribution in [1.29, 1.82) is 0 Å². The summed E-state index contributed by atoms with van der Waals surface area (Å²) in [5, 5.41) is 0. The van der Waals surface area contributed by atoms with E-state index < -0.39 is 0 Å². The predicted molar refractivity (Wildman–Crippen MR) is 73.4 cm³/mol. The van der Waals surface area contributed by atoms with E-state index in [0.29, 0.717) is 11.6 Å². The Morgan fingerprint density at radius 1 is 1.06 bits per heavy atom. The van der Waals surface area contributed by atoms with Gasteiger partial charge in [-0.3, -0.25) is 9.80 Å². The number of nitrogens with zero attached hydrogens (tertiary/aromatic N) is 3. The molecular formula is C14H29N3. The summed E-state index contributed by atoms with van der Waals surface area (Å²) in [4.78, 5) is 7.90. The highest BCUT2D eigenvalue weighted by Crippen LogP contribution is 2.32. The molecule has 0 atom stereocenters. The maximum absolute atomic E-state index is 2.67. The van der Waals surface area contributed by atoms with E-state index in [2.05, 4.69) is 42.5 Å². The first-order valence-corrected chi connectivity index (χ1v) is 7.25. The molecule has 0 aliphatic carbocycles. The van der Waals surface area contributed by atoms with Crippen molar-refractivity contribution in [1.82, 2.24) is 14.7 Å². The molecule has 0 aromatic rings. The quantitative estimate of drug-likeness (QED) is 0.723. The summed E-state index contributed by atoms with van der Waals surface area (Å²) in [7, 11) is 2.33. The Kier molecular flexibility index (Phi) is 4.11. The first-order chi connectivity index (χ1) is 8.07. The SMILES string of the molecule is CCN1CCC2(CC1)CN(C(C)C)CCN2C. The highest BCUT2D eigenvalue weighted by atomic mass is 15.3. The Morgan fingerprint density at radius 3 is 2.24 bits per heavy atom. The van der Waals surface area contributed by atoms with Gasteiger partial charge in [0.2, 0.25) is 0 Å². The Hall–Kier alpha value is -0.120. The van der Waals surface area contributed by atoms with Crippen LogP contribution in [0.5, 0.6) is 0 Å². The highest BCUT2D eigenvalue weighted by Gasteiger charge is 2.42. The fourth-order valence-electron chi connectivity index (χ4n) is 3.36. The van der Waals surface area contributed by atoms with E-state index in [9.17, 15) is 0 Å². The van der Waals surface area contributed by atoms with E-state index in [1.54, 1.807) is 0 Å². The number of hydrogen-bond acceptors (Lipinski definition) is 3. The summed E-state index contributed by atoms with van der Waals surface area (Å²) in [6, 6.07) is 0.699. The minimum atomic E-state index is 0.466. The van der Waals surface area contributed by atoms with Crippen molar-refractivity contribution in [3.63, 3.8) is 0 Å². The molecular weight excluding hydrogens is 210 g/mol. The molecule has 0 bridgehead atoms. The standard InChI is InChI=1S/C14H29N3/c1-5-16-8-6-14(7-9-16)12-17(13(2)3)11-10-15(14)4/h13H,5-12H2,1-4H3. The number of likely N-dealkylation sites (tertiary alicyclic amines) is 1. The predicted octanol–water partition coefficient (Wildman–Crippen LogP) is 1.50. The van der Waals surface area contributed by atoms with Crippen LogP contribution in [0.1, 0.15) is 33.6 Å². The van der Waals surface area contributed by atoms with Crippen molar-refractivity contribution < 1.29 is 0 Å². The molecule has 2 aliphatic rings. The minimum Gasteiger partial charge on any atom is -0.303 e. The summed E-state index contributed by atoms with van der Waals surface area (Å²) in [5.74, 6) is 0. The topological polar surface area (TPSA) is 9.72 Å². The molecule has 0 amide bonds. The molecule has 2 rings (SSSR count). The molecule has 1 spiro atoms. The Labute approximate surface area is 107 Å². The van der Waals surface area contributed by atoms with E-state index in [1.807, 2.05) is 0 Å². The third-order valence-electron chi connectivity index (χ3n) is 4.99. The second-order valence-corrected chi connectivity index (χ2v) is 6.14. The zero-order valence-corrected chi connectivity index (χ0v) is 12.1. The first kappa shape index (κ1) is 13.3. The second-order valence-electron chi connectivity index (χ2n) is 6.14. The van der Waals surface area contributed by atoms with Crippen molar-refractivity contribution in [3.8, 4) is 0 Å².